The number of methoxy groups -OCH3 is 1. The third kappa shape index (κ3) is 4.59. The van der Waals surface area contributed by atoms with Crippen molar-refractivity contribution in [2.75, 3.05) is 18.4 Å². The summed E-state index contributed by atoms with van der Waals surface area (Å²) in [6, 6.07) is 11.9. The Balaban J connectivity index is 2.03. The van der Waals surface area contributed by atoms with Gasteiger partial charge in [0.05, 0.1) is 24.3 Å². The molecule has 3 rings (SSSR count). The number of rotatable bonds is 8. The van der Waals surface area contributed by atoms with Gasteiger partial charge in [0.1, 0.15) is 5.75 Å². The highest BCUT2D eigenvalue weighted by molar-refractivity contribution is 7.92. The zero-order valence-corrected chi connectivity index (χ0v) is 18.3. The Morgan fingerprint density at radius 1 is 1.13 bits per heavy atom. The smallest absolute Gasteiger partial charge is 0.356 e. The number of carbonyl (C=O) groups excluding carboxylic acids is 1. The van der Waals surface area contributed by atoms with E-state index in [0.717, 1.165) is 12.0 Å². The van der Waals surface area contributed by atoms with Crippen LogP contribution in [0.25, 0.3) is 10.9 Å². The minimum Gasteiger partial charge on any atom is -0.497 e. The van der Waals surface area contributed by atoms with Crippen LogP contribution in [0.15, 0.2) is 47.4 Å². The second kappa shape index (κ2) is 8.79. The maximum absolute atomic E-state index is 13.1. The minimum atomic E-state index is -3.93. The maximum Gasteiger partial charge on any atom is 0.356 e. The van der Waals surface area contributed by atoms with Gasteiger partial charge in [-0.2, -0.15) is 0 Å². The molecule has 0 aliphatic carbocycles. The first-order chi connectivity index (χ1) is 14.2. The zero-order chi connectivity index (χ0) is 21.9. The van der Waals surface area contributed by atoms with Crippen LogP contribution < -0.4 is 9.46 Å². The number of nitrogens with one attached hydrogen (secondary N) is 2. The van der Waals surface area contributed by atoms with E-state index in [1.165, 1.54) is 7.11 Å². The average molecular weight is 431 g/mol. The van der Waals surface area contributed by atoms with E-state index in [9.17, 15) is 13.2 Å². The molecule has 2 N–H and O–H groups in total. The molecule has 30 heavy (non-hydrogen) atoms. The first-order valence-electron chi connectivity index (χ1n) is 9.73. The highest BCUT2D eigenvalue weighted by atomic mass is 32.2. The molecule has 1 heterocycles. The van der Waals surface area contributed by atoms with Crippen LogP contribution in [-0.2, 0) is 21.2 Å². The predicted octanol–water partition coefficient (Wildman–Crippen LogP) is 4.35. The summed E-state index contributed by atoms with van der Waals surface area (Å²) in [5, 5.41) is 0.511. The van der Waals surface area contributed by atoms with Gasteiger partial charge in [0, 0.05) is 10.9 Å². The van der Waals surface area contributed by atoms with Crippen LogP contribution in [0.3, 0.4) is 0 Å². The molecule has 0 saturated heterocycles. The van der Waals surface area contributed by atoms with Gasteiger partial charge in [-0.15, -0.1) is 0 Å². The number of hydrogen-bond acceptors (Lipinski definition) is 5. The molecule has 3 aromatic rings. The highest BCUT2D eigenvalue weighted by Crippen LogP contribution is 2.33. The van der Waals surface area contributed by atoms with Gasteiger partial charge in [-0.05, 0) is 55.2 Å². The number of hydrogen-bond donors (Lipinski definition) is 2. The summed E-state index contributed by atoms with van der Waals surface area (Å²) >= 11 is 0. The quantitative estimate of drug-likeness (QED) is 0.518. The molecule has 2 aromatic carbocycles. The topological polar surface area (TPSA) is 97.5 Å². The molecule has 8 heteroatoms. The molecule has 7 nitrogen and oxygen atoms in total. The minimum absolute atomic E-state index is 0.0418. The number of benzene rings is 2. The molecule has 0 unspecified atom stereocenters. The molecule has 1 aromatic heterocycles. The van der Waals surface area contributed by atoms with Crippen molar-refractivity contribution >= 4 is 32.6 Å². The van der Waals surface area contributed by atoms with Crippen LogP contribution in [0, 0.1) is 5.92 Å². The molecule has 0 aliphatic heterocycles. The lowest BCUT2D eigenvalue weighted by molar-refractivity contribution is 0.0522. The van der Waals surface area contributed by atoms with Gasteiger partial charge in [-0.1, -0.05) is 26.0 Å². The number of anilines is 1. The Kier molecular flexibility index (Phi) is 6.36. The monoisotopic (exact) mass is 430 g/mol. The number of sulfonamides is 1. The highest BCUT2D eigenvalue weighted by Gasteiger charge is 2.24. The van der Waals surface area contributed by atoms with E-state index in [2.05, 4.69) is 23.6 Å². The van der Waals surface area contributed by atoms with E-state index in [1.807, 2.05) is 0 Å². The third-order valence-corrected chi connectivity index (χ3v) is 5.96. The van der Waals surface area contributed by atoms with Crippen molar-refractivity contribution in [1.82, 2.24) is 4.98 Å². The summed E-state index contributed by atoms with van der Waals surface area (Å²) in [5.74, 6) is 0.368. The van der Waals surface area contributed by atoms with Crippen LogP contribution in [0.5, 0.6) is 5.75 Å². The molecular formula is C22H26N2O5S. The summed E-state index contributed by atoms with van der Waals surface area (Å²) in [4.78, 5) is 15.5. The average Bonchev–Trinajstić information content (AvgIpc) is 3.05. The largest absolute Gasteiger partial charge is 0.497 e. The zero-order valence-electron chi connectivity index (χ0n) is 17.5. The molecular weight excluding hydrogens is 404 g/mol. The van der Waals surface area contributed by atoms with Gasteiger partial charge in [0.2, 0.25) is 0 Å². The number of H-pyrrole nitrogens is 1. The Bertz CT molecular complexity index is 1150. The second-order valence-electron chi connectivity index (χ2n) is 7.35. The maximum atomic E-state index is 13.1. The van der Waals surface area contributed by atoms with E-state index >= 15 is 0 Å². The molecule has 0 fully saturated rings. The number of esters is 1. The lowest BCUT2D eigenvalue weighted by atomic mass is 10.0. The van der Waals surface area contributed by atoms with Gasteiger partial charge in [0.25, 0.3) is 10.0 Å². The summed E-state index contributed by atoms with van der Waals surface area (Å²) in [6.45, 7) is 6.07. The van der Waals surface area contributed by atoms with Crippen molar-refractivity contribution in [1.29, 1.82) is 0 Å². The first-order valence-corrected chi connectivity index (χ1v) is 11.2. The number of ether oxygens (including phenoxy) is 2. The standard InChI is InChI=1S/C22H26N2O5S/c1-5-29-22(25)21-20(18-13-16(28-4)8-11-19(18)23-21)24-30(26,27)17-9-6-15(7-10-17)12-14(2)3/h6-11,13-14,23-24H,5,12H2,1-4H3. The Labute approximate surface area is 176 Å². The predicted molar refractivity (Wildman–Crippen MR) is 117 cm³/mol. The van der Waals surface area contributed by atoms with Crippen LogP contribution >= 0.6 is 0 Å². The summed E-state index contributed by atoms with van der Waals surface area (Å²) in [7, 11) is -2.41. The molecule has 160 valence electrons. The van der Waals surface area contributed by atoms with Crippen molar-refractivity contribution in [2.24, 2.45) is 5.92 Å². The van der Waals surface area contributed by atoms with Gasteiger partial charge in [-0.25, -0.2) is 13.2 Å². The second-order valence-corrected chi connectivity index (χ2v) is 9.04. The number of aromatic amines is 1. The summed E-state index contributed by atoms with van der Waals surface area (Å²) < 4.78 is 39.0. The molecule has 0 bridgehead atoms. The van der Waals surface area contributed by atoms with E-state index < -0.39 is 16.0 Å². The number of aromatic nitrogens is 1. The van der Waals surface area contributed by atoms with Gasteiger partial charge >= 0.3 is 5.97 Å². The molecule has 0 spiro atoms. The lowest BCUT2D eigenvalue weighted by Crippen LogP contribution is -2.16. The fraction of sp³-hybridized carbons (Fsp3) is 0.318. The fourth-order valence-electron chi connectivity index (χ4n) is 3.23. The Morgan fingerprint density at radius 3 is 2.43 bits per heavy atom. The lowest BCUT2D eigenvalue weighted by Gasteiger charge is -2.11. The molecule has 0 aliphatic rings. The summed E-state index contributed by atoms with van der Waals surface area (Å²) in [5.41, 5.74) is 1.82. The van der Waals surface area contributed by atoms with Crippen LogP contribution in [-0.4, -0.2) is 33.1 Å². The van der Waals surface area contributed by atoms with Crippen molar-refractivity contribution in [3.8, 4) is 5.75 Å². The first kappa shape index (κ1) is 21.7. The Morgan fingerprint density at radius 2 is 1.83 bits per heavy atom. The fourth-order valence-corrected chi connectivity index (χ4v) is 4.32. The normalized spacial score (nSPS) is 11.6. The van der Waals surface area contributed by atoms with Crippen LogP contribution in [0.1, 0.15) is 36.8 Å². The van der Waals surface area contributed by atoms with Crippen LogP contribution in [0.2, 0.25) is 0 Å². The number of fused-ring (bicyclic) bond motifs is 1. The van der Waals surface area contributed by atoms with Gasteiger partial charge < -0.3 is 14.5 Å². The summed E-state index contributed by atoms with van der Waals surface area (Å²) in [6.07, 6.45) is 0.864. The van der Waals surface area contributed by atoms with Gasteiger partial charge in [-0.3, -0.25) is 4.72 Å². The van der Waals surface area contributed by atoms with Crippen molar-refractivity contribution in [3.05, 3.63) is 53.7 Å². The Hall–Kier alpha value is -3.00. The van der Waals surface area contributed by atoms with E-state index in [-0.39, 0.29) is 22.9 Å². The van der Waals surface area contributed by atoms with Crippen molar-refractivity contribution in [3.63, 3.8) is 0 Å². The molecule has 0 atom stereocenters. The molecule has 0 saturated carbocycles. The SMILES string of the molecule is CCOC(=O)c1[nH]c2ccc(OC)cc2c1NS(=O)(=O)c1ccc(CC(C)C)cc1. The van der Waals surface area contributed by atoms with Gasteiger partial charge in [0.15, 0.2) is 5.69 Å². The molecule has 0 radical (unpaired) electrons. The third-order valence-electron chi connectivity index (χ3n) is 4.60. The van der Waals surface area contributed by atoms with E-state index in [0.29, 0.717) is 22.6 Å². The van der Waals surface area contributed by atoms with Crippen LogP contribution in [0.4, 0.5) is 5.69 Å². The van der Waals surface area contributed by atoms with Crippen molar-refractivity contribution in [2.45, 2.75) is 32.1 Å². The van der Waals surface area contributed by atoms with E-state index in [4.69, 9.17) is 9.47 Å². The molecule has 0 amide bonds. The van der Waals surface area contributed by atoms with E-state index in [1.54, 1.807) is 49.4 Å². The number of carbonyl (C=O) groups is 1. The van der Waals surface area contributed by atoms with Crippen molar-refractivity contribution < 1.29 is 22.7 Å².